The number of nitrogens with zero attached hydrogens (tertiary/aromatic N) is 3. The Morgan fingerprint density at radius 1 is 1.19 bits per heavy atom. The van der Waals surface area contributed by atoms with Crippen LogP contribution in [0, 0.1) is 11.7 Å². The van der Waals surface area contributed by atoms with Gasteiger partial charge in [-0.2, -0.15) is 0 Å². The minimum Gasteiger partial charge on any atom is -0.457 e. The van der Waals surface area contributed by atoms with Gasteiger partial charge in [-0.1, -0.05) is 13.8 Å². The number of nitrogens with one attached hydrogen (secondary N) is 1. The number of imidazole rings is 1. The van der Waals surface area contributed by atoms with E-state index in [0.717, 1.165) is 23.1 Å². The second-order valence-electron chi connectivity index (χ2n) is 9.45. The molecule has 0 spiro atoms. The minimum absolute atomic E-state index is 0.0439. The molecule has 3 heterocycles. The number of ether oxygens (including phenoxy) is 2. The molecule has 1 unspecified atom stereocenters. The molecule has 4 aromatic rings. The van der Waals surface area contributed by atoms with Gasteiger partial charge in [-0.15, -0.1) is 0 Å². The monoisotopic (exact) mass is 488 g/mol. The van der Waals surface area contributed by atoms with Gasteiger partial charge in [0.15, 0.2) is 0 Å². The van der Waals surface area contributed by atoms with Crippen molar-refractivity contribution in [3.05, 3.63) is 71.8 Å². The number of rotatable bonds is 8. The molecule has 2 aromatic heterocycles. The third-order valence-corrected chi connectivity index (χ3v) is 6.49. The zero-order valence-corrected chi connectivity index (χ0v) is 20.6. The number of fused-ring (bicyclic) bond motifs is 1. The highest BCUT2D eigenvalue weighted by atomic mass is 19.1. The van der Waals surface area contributed by atoms with E-state index < -0.39 is 0 Å². The average Bonchev–Trinajstić information content (AvgIpc) is 3.49. The van der Waals surface area contributed by atoms with Crippen molar-refractivity contribution < 1.29 is 18.7 Å². The first-order valence-electron chi connectivity index (χ1n) is 12.1. The van der Waals surface area contributed by atoms with E-state index in [1.54, 1.807) is 24.4 Å². The largest absolute Gasteiger partial charge is 0.457 e. The molecule has 186 valence electrons. The summed E-state index contributed by atoms with van der Waals surface area (Å²) in [5, 5.41) is 3.30. The molecule has 1 fully saturated rings. The van der Waals surface area contributed by atoms with Crippen LogP contribution in [0.1, 0.15) is 37.4 Å². The van der Waals surface area contributed by atoms with Crippen LogP contribution in [0.3, 0.4) is 0 Å². The molecule has 1 N–H and O–H groups in total. The molecule has 2 aromatic carbocycles. The van der Waals surface area contributed by atoms with Gasteiger partial charge in [-0.3, -0.25) is 9.78 Å². The minimum atomic E-state index is -0.210. The predicted molar refractivity (Wildman–Crippen MR) is 136 cm³/mol. The van der Waals surface area contributed by atoms with Crippen LogP contribution in [0.5, 0.6) is 11.5 Å². The summed E-state index contributed by atoms with van der Waals surface area (Å²) in [6.07, 6.45) is 2.69. The summed E-state index contributed by atoms with van der Waals surface area (Å²) in [6.45, 7) is 5.07. The van der Waals surface area contributed by atoms with Gasteiger partial charge in [0.05, 0.1) is 23.3 Å². The van der Waals surface area contributed by atoms with E-state index in [4.69, 9.17) is 14.5 Å². The van der Waals surface area contributed by atoms with Crippen molar-refractivity contribution in [2.45, 2.75) is 32.6 Å². The van der Waals surface area contributed by atoms with Gasteiger partial charge in [0.25, 0.3) is 0 Å². The first kappa shape index (κ1) is 23.9. The van der Waals surface area contributed by atoms with Gasteiger partial charge >= 0.3 is 0 Å². The van der Waals surface area contributed by atoms with E-state index in [2.05, 4.69) is 10.3 Å². The number of anilines is 2. The molecule has 0 aliphatic carbocycles. The van der Waals surface area contributed by atoms with Crippen molar-refractivity contribution in [3.63, 3.8) is 0 Å². The van der Waals surface area contributed by atoms with Gasteiger partial charge in [0, 0.05) is 50.0 Å². The van der Waals surface area contributed by atoms with Gasteiger partial charge in [-0.05, 0) is 54.3 Å². The lowest BCUT2D eigenvalue weighted by Gasteiger charge is -2.11. The fourth-order valence-corrected chi connectivity index (χ4v) is 4.41. The molecule has 0 saturated carbocycles. The summed E-state index contributed by atoms with van der Waals surface area (Å²) in [6, 6.07) is 14.3. The highest BCUT2D eigenvalue weighted by Crippen LogP contribution is 2.29. The zero-order valence-electron chi connectivity index (χ0n) is 20.6. The second kappa shape index (κ2) is 10.1. The van der Waals surface area contributed by atoms with Crippen LogP contribution in [-0.2, 0) is 23.0 Å². The highest BCUT2D eigenvalue weighted by Gasteiger charge is 2.23. The lowest BCUT2D eigenvalue weighted by molar-refractivity contribution is -0.122. The Labute approximate surface area is 209 Å². The number of aromatic nitrogens is 3. The Kier molecular flexibility index (Phi) is 6.69. The zero-order chi connectivity index (χ0) is 25.2. The van der Waals surface area contributed by atoms with Gasteiger partial charge in [-0.25, -0.2) is 9.37 Å². The molecule has 0 amide bonds. The quantitative estimate of drug-likeness (QED) is 0.332. The summed E-state index contributed by atoms with van der Waals surface area (Å²) in [5.41, 5.74) is 3.79. The molecule has 1 atom stereocenters. The third-order valence-electron chi connectivity index (χ3n) is 6.49. The summed E-state index contributed by atoms with van der Waals surface area (Å²) in [7, 11) is 1.92. The third kappa shape index (κ3) is 5.09. The number of hydrogen-bond acceptors (Lipinski definition) is 6. The lowest BCUT2D eigenvalue weighted by Crippen LogP contribution is -2.17. The molecule has 8 heteroatoms. The van der Waals surface area contributed by atoms with Crippen molar-refractivity contribution >= 4 is 28.5 Å². The number of carbonyl (C=O) groups is 1. The van der Waals surface area contributed by atoms with E-state index in [0.29, 0.717) is 41.9 Å². The second-order valence-corrected chi connectivity index (χ2v) is 9.45. The van der Waals surface area contributed by atoms with E-state index >= 15 is 0 Å². The van der Waals surface area contributed by atoms with Gasteiger partial charge in [0.1, 0.15) is 23.1 Å². The molecule has 0 radical (unpaired) electrons. The average molecular weight is 489 g/mol. The summed E-state index contributed by atoms with van der Waals surface area (Å²) in [5.74, 6) is 1.85. The number of pyridine rings is 1. The van der Waals surface area contributed by atoms with Crippen LogP contribution < -0.4 is 10.1 Å². The number of aryl methyl sites for hydroxylation is 1. The highest BCUT2D eigenvalue weighted by molar-refractivity contribution is 5.83. The Hall–Kier alpha value is -3.78. The molecule has 1 saturated heterocycles. The van der Waals surface area contributed by atoms with Crippen molar-refractivity contribution in [1.29, 1.82) is 0 Å². The molecule has 5 rings (SSSR count). The SMILES string of the molecule is CC(C)c1cc(Nc2nc3cc(Oc4ccnc(CC(=O)C5CCOC5)c4)ccc3n2C)ccc1F. The fourth-order valence-electron chi connectivity index (χ4n) is 4.41. The standard InChI is InChI=1S/C28H29FN4O3/c1-17(2)23-13-19(4-6-24(23)29)31-28-32-25-15-21(5-7-26(25)33(28)3)36-22-8-10-30-20(12-22)14-27(34)18-9-11-35-16-18/h4-8,10,12-13,15,17-18H,9,11,14,16H2,1-3H3,(H,31,32). The predicted octanol–water partition coefficient (Wildman–Crippen LogP) is 5.91. The molecule has 1 aliphatic heterocycles. The van der Waals surface area contributed by atoms with Crippen LogP contribution in [0.2, 0.25) is 0 Å². The van der Waals surface area contributed by atoms with Crippen molar-refractivity contribution in [1.82, 2.24) is 14.5 Å². The van der Waals surface area contributed by atoms with E-state index in [1.165, 1.54) is 6.07 Å². The van der Waals surface area contributed by atoms with Crippen LogP contribution in [0.4, 0.5) is 16.0 Å². The van der Waals surface area contributed by atoms with Crippen molar-refractivity contribution in [2.24, 2.45) is 13.0 Å². The van der Waals surface area contributed by atoms with Crippen LogP contribution in [-0.4, -0.2) is 33.5 Å². The number of benzene rings is 2. The van der Waals surface area contributed by atoms with Crippen LogP contribution in [0.25, 0.3) is 11.0 Å². The molecule has 7 nitrogen and oxygen atoms in total. The number of halogens is 1. The van der Waals surface area contributed by atoms with E-state index in [9.17, 15) is 9.18 Å². The number of carbonyl (C=O) groups excluding carboxylic acids is 1. The van der Waals surface area contributed by atoms with Crippen molar-refractivity contribution in [3.8, 4) is 11.5 Å². The maximum Gasteiger partial charge on any atom is 0.208 e. The summed E-state index contributed by atoms with van der Waals surface area (Å²) >= 11 is 0. The Morgan fingerprint density at radius 3 is 2.81 bits per heavy atom. The molecule has 0 bridgehead atoms. The Morgan fingerprint density at radius 2 is 2.03 bits per heavy atom. The van der Waals surface area contributed by atoms with Crippen molar-refractivity contribution in [2.75, 3.05) is 18.5 Å². The maximum absolute atomic E-state index is 14.1. The molecular weight excluding hydrogens is 459 g/mol. The summed E-state index contributed by atoms with van der Waals surface area (Å²) in [4.78, 5) is 21.5. The smallest absolute Gasteiger partial charge is 0.208 e. The molecule has 36 heavy (non-hydrogen) atoms. The Balaban J connectivity index is 1.33. The normalized spacial score (nSPS) is 15.5. The van der Waals surface area contributed by atoms with Gasteiger partial charge < -0.3 is 19.4 Å². The van der Waals surface area contributed by atoms with E-state index in [-0.39, 0.29) is 29.9 Å². The van der Waals surface area contributed by atoms with Crippen LogP contribution in [0.15, 0.2) is 54.7 Å². The molecule has 1 aliphatic rings. The number of Topliss-reactive ketones (excluding diaryl/α,β-unsaturated/α-hetero) is 1. The van der Waals surface area contributed by atoms with Crippen LogP contribution >= 0.6 is 0 Å². The summed E-state index contributed by atoms with van der Waals surface area (Å²) < 4.78 is 27.4. The van der Waals surface area contributed by atoms with Gasteiger partial charge in [0.2, 0.25) is 5.95 Å². The molecular formula is C28H29FN4O3. The topological polar surface area (TPSA) is 78.3 Å². The maximum atomic E-state index is 14.1. The fraction of sp³-hybridized carbons (Fsp3) is 0.321. The lowest BCUT2D eigenvalue weighted by atomic mass is 9.99. The first-order chi connectivity index (χ1) is 17.4. The number of ketones is 1. The van der Waals surface area contributed by atoms with E-state index in [1.807, 2.05) is 49.7 Å². The first-order valence-corrected chi connectivity index (χ1v) is 12.1. The Bertz CT molecular complexity index is 1410. The number of hydrogen-bond donors (Lipinski definition) is 1.